The van der Waals surface area contributed by atoms with Crippen molar-refractivity contribution in [1.82, 2.24) is 0 Å². The topological polar surface area (TPSA) is 114 Å². The van der Waals surface area contributed by atoms with Crippen molar-refractivity contribution in [3.05, 3.63) is 81.4 Å². The first-order chi connectivity index (χ1) is 16.6. The van der Waals surface area contributed by atoms with E-state index in [2.05, 4.69) is 11.4 Å². The van der Waals surface area contributed by atoms with E-state index in [0.717, 1.165) is 11.1 Å². The Balaban J connectivity index is 1.51. The summed E-state index contributed by atoms with van der Waals surface area (Å²) < 4.78 is 11.4. The fourth-order valence-electron chi connectivity index (χ4n) is 4.45. The zero-order valence-corrected chi connectivity index (χ0v) is 20.5. The fraction of sp³-hybridized carbons (Fsp3) is 0.296. The van der Waals surface area contributed by atoms with Crippen LogP contribution in [0, 0.1) is 23.7 Å². The average Bonchev–Trinajstić information content (AvgIpc) is 2.79. The molecular weight excluding hydrogens is 466 g/mol. The molecule has 3 N–H and O–H groups in total. The van der Waals surface area contributed by atoms with E-state index in [1.54, 1.807) is 42.5 Å². The first kappa shape index (κ1) is 24.4. The molecule has 0 fully saturated rings. The zero-order valence-electron chi connectivity index (χ0n) is 19.8. The number of carbonyl (C=O) groups is 2. The molecule has 35 heavy (non-hydrogen) atoms. The van der Waals surface area contributed by atoms with Crippen LogP contribution in [0.4, 0.5) is 5.69 Å². The minimum atomic E-state index is -0.601. The van der Waals surface area contributed by atoms with E-state index in [0.29, 0.717) is 40.6 Å². The van der Waals surface area contributed by atoms with Crippen molar-refractivity contribution in [2.24, 2.45) is 11.1 Å². The molecule has 1 amide bonds. The van der Waals surface area contributed by atoms with Crippen molar-refractivity contribution in [3.63, 3.8) is 0 Å². The van der Waals surface area contributed by atoms with Gasteiger partial charge in [-0.3, -0.25) is 9.59 Å². The SMILES string of the molecule is Cc1c(Cl)cccc1NC(=O)COc1ccc(C2C(C#N)=C(N)OC3=C2C(=O)CC(C)(C)C3)cc1. The molecule has 0 spiro atoms. The summed E-state index contributed by atoms with van der Waals surface area (Å²) in [5.74, 6) is 0.0533. The average molecular weight is 492 g/mol. The van der Waals surface area contributed by atoms with Gasteiger partial charge < -0.3 is 20.5 Å². The van der Waals surface area contributed by atoms with E-state index in [-0.39, 0.29) is 35.2 Å². The van der Waals surface area contributed by atoms with Crippen LogP contribution in [0.25, 0.3) is 0 Å². The molecule has 0 bridgehead atoms. The number of Topliss-reactive ketones (excluding diaryl/α,β-unsaturated/α-hetero) is 1. The third-order valence-electron chi connectivity index (χ3n) is 6.20. The lowest BCUT2D eigenvalue weighted by Crippen LogP contribution is -2.33. The predicted molar refractivity (Wildman–Crippen MR) is 132 cm³/mol. The summed E-state index contributed by atoms with van der Waals surface area (Å²) in [6, 6.07) is 14.3. The Morgan fingerprint density at radius 2 is 1.97 bits per heavy atom. The molecule has 8 heteroatoms. The third kappa shape index (κ3) is 5.03. The molecule has 1 aliphatic carbocycles. The van der Waals surface area contributed by atoms with Gasteiger partial charge in [-0.05, 0) is 47.7 Å². The van der Waals surface area contributed by atoms with Crippen LogP contribution in [-0.4, -0.2) is 18.3 Å². The monoisotopic (exact) mass is 491 g/mol. The lowest BCUT2D eigenvalue weighted by atomic mass is 9.70. The Morgan fingerprint density at radius 1 is 1.26 bits per heavy atom. The van der Waals surface area contributed by atoms with Gasteiger partial charge in [0.1, 0.15) is 23.2 Å². The molecular formula is C27H26ClN3O4. The van der Waals surface area contributed by atoms with Gasteiger partial charge in [0.2, 0.25) is 5.88 Å². The molecule has 180 valence electrons. The molecule has 0 radical (unpaired) electrons. The number of benzene rings is 2. The number of nitrogens with two attached hydrogens (primary N) is 1. The van der Waals surface area contributed by atoms with E-state index >= 15 is 0 Å². The van der Waals surface area contributed by atoms with Crippen LogP contribution < -0.4 is 15.8 Å². The van der Waals surface area contributed by atoms with Gasteiger partial charge in [0.25, 0.3) is 5.91 Å². The molecule has 4 rings (SSSR count). The Bertz CT molecular complexity index is 1300. The molecule has 0 saturated carbocycles. The summed E-state index contributed by atoms with van der Waals surface area (Å²) >= 11 is 6.10. The van der Waals surface area contributed by atoms with Crippen molar-refractivity contribution in [3.8, 4) is 11.8 Å². The minimum Gasteiger partial charge on any atom is -0.484 e. The highest BCUT2D eigenvalue weighted by Gasteiger charge is 2.42. The zero-order chi connectivity index (χ0) is 25.3. The number of ketones is 1. The van der Waals surface area contributed by atoms with Gasteiger partial charge in [-0.25, -0.2) is 0 Å². The van der Waals surface area contributed by atoms with Gasteiger partial charge in [0.05, 0.1) is 5.92 Å². The number of allylic oxidation sites excluding steroid dienone is 3. The van der Waals surface area contributed by atoms with Crippen LogP contribution in [0.1, 0.15) is 43.7 Å². The maximum atomic E-state index is 13.0. The van der Waals surface area contributed by atoms with Crippen molar-refractivity contribution >= 4 is 29.0 Å². The van der Waals surface area contributed by atoms with E-state index in [1.165, 1.54) is 0 Å². The molecule has 2 aliphatic rings. The standard InChI is InChI=1S/C27H26ClN3O4/c1-15-19(28)5-4-6-20(15)31-23(33)14-34-17-9-7-16(8-10-17)24-18(13-29)26(30)35-22-12-27(2,3)11-21(32)25(22)24/h4-10,24H,11-12,14,30H2,1-3H3,(H,31,33). The fourth-order valence-corrected chi connectivity index (χ4v) is 4.63. The first-order valence-corrected chi connectivity index (χ1v) is 11.6. The molecule has 7 nitrogen and oxygen atoms in total. The summed E-state index contributed by atoms with van der Waals surface area (Å²) in [4.78, 5) is 25.4. The van der Waals surface area contributed by atoms with Crippen LogP contribution in [0.2, 0.25) is 5.02 Å². The van der Waals surface area contributed by atoms with E-state index in [9.17, 15) is 14.9 Å². The number of hydrogen-bond donors (Lipinski definition) is 2. The highest BCUT2D eigenvalue weighted by atomic mass is 35.5. The Morgan fingerprint density at radius 3 is 2.66 bits per heavy atom. The van der Waals surface area contributed by atoms with Gasteiger partial charge >= 0.3 is 0 Å². The number of nitriles is 1. The number of ether oxygens (including phenoxy) is 2. The van der Waals surface area contributed by atoms with Crippen LogP contribution >= 0.6 is 11.6 Å². The van der Waals surface area contributed by atoms with Gasteiger partial charge in [0.15, 0.2) is 12.4 Å². The number of hydrogen-bond acceptors (Lipinski definition) is 6. The van der Waals surface area contributed by atoms with Crippen LogP contribution in [0.3, 0.4) is 0 Å². The highest BCUT2D eigenvalue weighted by Crippen LogP contribution is 2.47. The molecule has 1 aliphatic heterocycles. The number of amides is 1. The first-order valence-electron chi connectivity index (χ1n) is 11.2. The number of carbonyl (C=O) groups excluding carboxylic acids is 2. The van der Waals surface area contributed by atoms with Gasteiger partial charge in [-0.2, -0.15) is 5.26 Å². The normalized spacial score (nSPS) is 18.9. The maximum absolute atomic E-state index is 13.0. The summed E-state index contributed by atoms with van der Waals surface area (Å²) in [5.41, 5.74) is 8.64. The molecule has 1 heterocycles. The summed E-state index contributed by atoms with van der Waals surface area (Å²) in [7, 11) is 0. The number of halogens is 1. The summed E-state index contributed by atoms with van der Waals surface area (Å²) in [6.45, 7) is 5.64. The molecule has 2 aromatic rings. The Hall–Kier alpha value is -3.76. The van der Waals surface area contributed by atoms with E-state index in [1.807, 2.05) is 20.8 Å². The van der Waals surface area contributed by atoms with Crippen molar-refractivity contribution < 1.29 is 19.1 Å². The van der Waals surface area contributed by atoms with Crippen LogP contribution in [0.5, 0.6) is 5.75 Å². The summed E-state index contributed by atoms with van der Waals surface area (Å²) in [6.07, 6.45) is 0.930. The second-order valence-electron chi connectivity index (χ2n) is 9.52. The predicted octanol–water partition coefficient (Wildman–Crippen LogP) is 5.12. The van der Waals surface area contributed by atoms with Crippen LogP contribution in [0.15, 0.2) is 65.3 Å². The van der Waals surface area contributed by atoms with E-state index < -0.39 is 5.92 Å². The quantitative estimate of drug-likeness (QED) is 0.600. The van der Waals surface area contributed by atoms with Crippen molar-refractivity contribution in [2.75, 3.05) is 11.9 Å². The molecule has 2 aromatic carbocycles. The largest absolute Gasteiger partial charge is 0.484 e. The Kier molecular flexibility index (Phi) is 6.60. The minimum absolute atomic E-state index is 0.0232. The van der Waals surface area contributed by atoms with Crippen molar-refractivity contribution in [2.45, 2.75) is 39.5 Å². The number of nitrogens with zero attached hydrogens (tertiary/aromatic N) is 1. The smallest absolute Gasteiger partial charge is 0.262 e. The molecule has 1 unspecified atom stereocenters. The van der Waals surface area contributed by atoms with Crippen LogP contribution in [-0.2, 0) is 14.3 Å². The summed E-state index contributed by atoms with van der Waals surface area (Å²) in [5, 5.41) is 13.1. The third-order valence-corrected chi connectivity index (χ3v) is 6.61. The van der Waals surface area contributed by atoms with Crippen molar-refractivity contribution in [1.29, 1.82) is 5.26 Å². The second kappa shape index (κ2) is 9.47. The highest BCUT2D eigenvalue weighted by molar-refractivity contribution is 6.31. The number of rotatable bonds is 5. The Labute approximate surface area is 209 Å². The lowest BCUT2D eigenvalue weighted by Gasteiger charge is -2.37. The molecule has 0 aromatic heterocycles. The van der Waals surface area contributed by atoms with Gasteiger partial charge in [0, 0.05) is 29.1 Å². The van der Waals surface area contributed by atoms with E-state index in [4.69, 9.17) is 26.8 Å². The molecule has 0 saturated heterocycles. The number of nitrogens with one attached hydrogen (secondary N) is 1. The number of anilines is 1. The van der Waals surface area contributed by atoms with Gasteiger partial charge in [-0.1, -0.05) is 43.6 Å². The van der Waals surface area contributed by atoms with Gasteiger partial charge in [-0.15, -0.1) is 0 Å². The maximum Gasteiger partial charge on any atom is 0.262 e. The second-order valence-corrected chi connectivity index (χ2v) is 9.93. The molecule has 1 atom stereocenters. The lowest BCUT2D eigenvalue weighted by molar-refractivity contribution is -0.119.